The van der Waals surface area contributed by atoms with Crippen molar-refractivity contribution in [3.8, 4) is 0 Å². The van der Waals surface area contributed by atoms with Gasteiger partial charge in [0.15, 0.2) is 5.82 Å². The smallest absolute Gasteiger partial charge is 0.176 e. The number of hydrogen-bond donors (Lipinski definition) is 1. The fourth-order valence-electron chi connectivity index (χ4n) is 1.88. The van der Waals surface area contributed by atoms with Gasteiger partial charge in [-0.3, -0.25) is 10.4 Å². The number of aromatic nitrogens is 3. The molecule has 5 heteroatoms. The minimum Gasteiger partial charge on any atom is -0.259 e. The molecule has 0 saturated carbocycles. The van der Waals surface area contributed by atoms with Crippen molar-refractivity contribution < 1.29 is 0 Å². The summed E-state index contributed by atoms with van der Waals surface area (Å²) >= 11 is 0. The van der Waals surface area contributed by atoms with Gasteiger partial charge in [-0.15, -0.1) is 5.10 Å². The van der Waals surface area contributed by atoms with Crippen LogP contribution in [0.5, 0.6) is 0 Å². The van der Waals surface area contributed by atoms with Gasteiger partial charge in [0, 0.05) is 17.0 Å². The van der Waals surface area contributed by atoms with E-state index in [-0.39, 0.29) is 0 Å². The third-order valence-electron chi connectivity index (χ3n) is 2.94. The first-order valence-corrected chi connectivity index (χ1v) is 6.27. The van der Waals surface area contributed by atoms with Crippen molar-refractivity contribution in [2.75, 3.05) is 5.43 Å². The molecule has 20 heavy (non-hydrogen) atoms. The normalized spacial score (nSPS) is 11.6. The molecule has 3 aromatic rings. The SMILES string of the molecule is C/C(=N/Nc1nncc2ccccc12)c1ccccn1. The Labute approximate surface area is 116 Å². The maximum absolute atomic E-state index is 4.32. The van der Waals surface area contributed by atoms with Crippen LogP contribution in [0.3, 0.4) is 0 Å². The van der Waals surface area contributed by atoms with Gasteiger partial charge in [0.05, 0.1) is 17.6 Å². The Morgan fingerprint density at radius 2 is 1.95 bits per heavy atom. The minimum absolute atomic E-state index is 0.637. The van der Waals surface area contributed by atoms with Gasteiger partial charge in [-0.05, 0) is 19.1 Å². The quantitative estimate of drug-likeness (QED) is 0.583. The van der Waals surface area contributed by atoms with E-state index in [0.29, 0.717) is 5.82 Å². The lowest BCUT2D eigenvalue weighted by atomic mass is 10.2. The van der Waals surface area contributed by atoms with E-state index in [0.717, 1.165) is 22.2 Å². The highest BCUT2D eigenvalue weighted by Crippen LogP contribution is 2.19. The van der Waals surface area contributed by atoms with Gasteiger partial charge in [-0.25, -0.2) is 0 Å². The van der Waals surface area contributed by atoms with Crippen molar-refractivity contribution in [3.63, 3.8) is 0 Å². The Hall–Kier alpha value is -2.82. The van der Waals surface area contributed by atoms with E-state index in [1.54, 1.807) is 12.4 Å². The average Bonchev–Trinajstić information content (AvgIpc) is 2.53. The van der Waals surface area contributed by atoms with Crippen LogP contribution in [-0.2, 0) is 0 Å². The second kappa shape index (κ2) is 5.44. The van der Waals surface area contributed by atoms with Crippen molar-refractivity contribution >= 4 is 22.3 Å². The Morgan fingerprint density at radius 3 is 2.80 bits per heavy atom. The number of nitrogens with one attached hydrogen (secondary N) is 1. The molecular formula is C15H13N5. The summed E-state index contributed by atoms with van der Waals surface area (Å²) in [5.74, 6) is 0.637. The van der Waals surface area contributed by atoms with Gasteiger partial charge < -0.3 is 0 Å². The summed E-state index contributed by atoms with van der Waals surface area (Å²) < 4.78 is 0. The third-order valence-corrected chi connectivity index (χ3v) is 2.94. The third kappa shape index (κ3) is 2.47. The Bertz CT molecular complexity index is 747. The summed E-state index contributed by atoms with van der Waals surface area (Å²) in [6.07, 6.45) is 3.47. The predicted molar refractivity (Wildman–Crippen MR) is 79.6 cm³/mol. The van der Waals surface area contributed by atoms with Gasteiger partial charge in [0.25, 0.3) is 0 Å². The van der Waals surface area contributed by atoms with E-state index in [1.807, 2.05) is 49.4 Å². The van der Waals surface area contributed by atoms with Crippen LogP contribution in [0.25, 0.3) is 10.8 Å². The van der Waals surface area contributed by atoms with Crippen LogP contribution >= 0.6 is 0 Å². The largest absolute Gasteiger partial charge is 0.259 e. The molecule has 5 nitrogen and oxygen atoms in total. The van der Waals surface area contributed by atoms with Gasteiger partial charge in [0.1, 0.15) is 0 Å². The molecule has 1 N–H and O–H groups in total. The van der Waals surface area contributed by atoms with Crippen LogP contribution in [0.4, 0.5) is 5.82 Å². The number of fused-ring (bicyclic) bond motifs is 1. The van der Waals surface area contributed by atoms with Crippen LogP contribution in [0, 0.1) is 0 Å². The van der Waals surface area contributed by atoms with Crippen molar-refractivity contribution in [3.05, 3.63) is 60.6 Å². The number of nitrogens with zero attached hydrogens (tertiary/aromatic N) is 4. The lowest BCUT2D eigenvalue weighted by Crippen LogP contribution is -2.03. The summed E-state index contributed by atoms with van der Waals surface area (Å²) in [5, 5.41) is 14.4. The second-order valence-corrected chi connectivity index (χ2v) is 4.30. The van der Waals surface area contributed by atoms with Crippen LogP contribution in [0.2, 0.25) is 0 Å². The molecule has 2 heterocycles. The standard InChI is InChI=1S/C15H13N5/c1-11(14-8-4-5-9-16-14)18-20-15-13-7-3-2-6-12(13)10-17-19-15/h2-10H,1H3,(H,19,20)/b18-11-. The van der Waals surface area contributed by atoms with Crippen LogP contribution in [0.15, 0.2) is 60.0 Å². The second-order valence-electron chi connectivity index (χ2n) is 4.30. The number of hydrogen-bond acceptors (Lipinski definition) is 5. The molecule has 0 aliphatic rings. The Morgan fingerprint density at radius 1 is 1.10 bits per heavy atom. The maximum atomic E-state index is 4.32. The molecule has 0 unspecified atom stereocenters. The lowest BCUT2D eigenvalue weighted by Gasteiger charge is -2.04. The summed E-state index contributed by atoms with van der Waals surface area (Å²) in [5.41, 5.74) is 4.58. The van der Waals surface area contributed by atoms with E-state index >= 15 is 0 Å². The number of hydrazone groups is 1. The summed E-state index contributed by atoms with van der Waals surface area (Å²) in [7, 11) is 0. The Kier molecular flexibility index (Phi) is 3.33. The zero-order valence-electron chi connectivity index (χ0n) is 11.0. The molecule has 0 fully saturated rings. The average molecular weight is 263 g/mol. The number of benzene rings is 1. The zero-order valence-corrected chi connectivity index (χ0v) is 11.0. The molecule has 3 rings (SSSR count). The van der Waals surface area contributed by atoms with E-state index in [9.17, 15) is 0 Å². The summed E-state index contributed by atoms with van der Waals surface area (Å²) in [6, 6.07) is 13.6. The molecule has 1 aromatic carbocycles. The van der Waals surface area contributed by atoms with Gasteiger partial charge >= 0.3 is 0 Å². The fourth-order valence-corrected chi connectivity index (χ4v) is 1.88. The molecule has 98 valence electrons. The molecule has 0 saturated heterocycles. The van der Waals surface area contributed by atoms with Crippen molar-refractivity contribution in [2.24, 2.45) is 5.10 Å². The summed E-state index contributed by atoms with van der Waals surface area (Å²) in [4.78, 5) is 4.25. The lowest BCUT2D eigenvalue weighted by molar-refractivity contribution is 1.04. The van der Waals surface area contributed by atoms with Crippen molar-refractivity contribution in [2.45, 2.75) is 6.92 Å². The number of pyridine rings is 1. The molecule has 0 spiro atoms. The minimum atomic E-state index is 0.637. The molecule has 0 aliphatic carbocycles. The van der Waals surface area contributed by atoms with E-state index in [2.05, 4.69) is 25.7 Å². The molecule has 0 atom stereocenters. The highest BCUT2D eigenvalue weighted by molar-refractivity contribution is 5.98. The van der Waals surface area contributed by atoms with Gasteiger partial charge in [0.2, 0.25) is 0 Å². The number of rotatable bonds is 3. The van der Waals surface area contributed by atoms with Crippen molar-refractivity contribution in [1.29, 1.82) is 0 Å². The topological polar surface area (TPSA) is 63.1 Å². The van der Waals surface area contributed by atoms with E-state index < -0.39 is 0 Å². The highest BCUT2D eigenvalue weighted by atomic mass is 15.3. The van der Waals surface area contributed by atoms with Crippen LogP contribution in [0.1, 0.15) is 12.6 Å². The monoisotopic (exact) mass is 263 g/mol. The maximum Gasteiger partial charge on any atom is 0.176 e. The fraction of sp³-hybridized carbons (Fsp3) is 0.0667. The number of anilines is 1. The first kappa shape index (κ1) is 12.2. The zero-order chi connectivity index (χ0) is 13.8. The Balaban J connectivity index is 1.91. The van der Waals surface area contributed by atoms with Gasteiger partial charge in [-0.2, -0.15) is 10.2 Å². The van der Waals surface area contributed by atoms with E-state index in [1.165, 1.54) is 0 Å². The molecule has 0 amide bonds. The molecular weight excluding hydrogens is 250 g/mol. The molecule has 0 radical (unpaired) electrons. The summed E-state index contributed by atoms with van der Waals surface area (Å²) in [6.45, 7) is 1.90. The first-order valence-electron chi connectivity index (χ1n) is 6.27. The predicted octanol–water partition coefficient (Wildman–Crippen LogP) is 2.86. The first-order chi connectivity index (χ1) is 9.84. The van der Waals surface area contributed by atoms with Crippen LogP contribution < -0.4 is 5.43 Å². The van der Waals surface area contributed by atoms with E-state index in [4.69, 9.17) is 0 Å². The molecule has 0 aliphatic heterocycles. The molecule has 2 aromatic heterocycles. The van der Waals surface area contributed by atoms with Crippen molar-refractivity contribution in [1.82, 2.24) is 15.2 Å². The van der Waals surface area contributed by atoms with Gasteiger partial charge in [-0.1, -0.05) is 30.3 Å². The highest BCUT2D eigenvalue weighted by Gasteiger charge is 2.02. The molecule has 0 bridgehead atoms. The van der Waals surface area contributed by atoms with Crippen LogP contribution in [-0.4, -0.2) is 20.9 Å².